The van der Waals surface area contributed by atoms with Crippen molar-refractivity contribution in [3.63, 3.8) is 0 Å². The molecule has 1 atom stereocenters. The van der Waals surface area contributed by atoms with E-state index in [2.05, 4.69) is 22.7 Å². The van der Waals surface area contributed by atoms with Crippen LogP contribution in [0.25, 0.3) is 0 Å². The molecule has 0 saturated heterocycles. The molecule has 1 amide bonds. The van der Waals surface area contributed by atoms with E-state index in [4.69, 9.17) is 11.6 Å². The highest BCUT2D eigenvalue weighted by Gasteiger charge is 2.06. The van der Waals surface area contributed by atoms with Gasteiger partial charge in [0.25, 0.3) is 0 Å². The second kappa shape index (κ2) is 8.56. The molecule has 0 aliphatic heterocycles. The van der Waals surface area contributed by atoms with Gasteiger partial charge in [-0.15, -0.1) is 0 Å². The number of rotatable bonds is 8. The molecular formula is C16H21ClN4O. The Kier molecular flexibility index (Phi) is 6.43. The molecule has 0 aliphatic rings. The van der Waals surface area contributed by atoms with Gasteiger partial charge in [-0.3, -0.25) is 9.48 Å². The number of aromatic nitrogens is 2. The summed E-state index contributed by atoms with van der Waals surface area (Å²) in [4.78, 5) is 11.8. The molecule has 0 spiro atoms. The minimum absolute atomic E-state index is 0.0127. The molecule has 0 saturated carbocycles. The van der Waals surface area contributed by atoms with Gasteiger partial charge in [-0.2, -0.15) is 5.10 Å². The van der Waals surface area contributed by atoms with Gasteiger partial charge in [0.05, 0.1) is 6.54 Å². The standard InChI is InChI=1S/C16H21ClN4O/c1-13(12-21-10-4-8-20-21)18-9-7-16(22)19-11-14-5-2-3-6-15(14)17/h2-6,8,10,13,18H,7,9,11-12H2,1H3,(H,19,22). The highest BCUT2D eigenvalue weighted by atomic mass is 35.5. The monoisotopic (exact) mass is 320 g/mol. The summed E-state index contributed by atoms with van der Waals surface area (Å²) >= 11 is 6.05. The van der Waals surface area contributed by atoms with Gasteiger partial charge in [-0.1, -0.05) is 29.8 Å². The number of nitrogens with zero attached hydrogens (tertiary/aromatic N) is 2. The lowest BCUT2D eigenvalue weighted by atomic mass is 10.2. The maximum absolute atomic E-state index is 11.8. The van der Waals surface area contributed by atoms with E-state index < -0.39 is 0 Å². The van der Waals surface area contributed by atoms with E-state index in [0.717, 1.165) is 12.1 Å². The van der Waals surface area contributed by atoms with Gasteiger partial charge < -0.3 is 10.6 Å². The molecule has 0 bridgehead atoms. The van der Waals surface area contributed by atoms with Crippen LogP contribution in [-0.4, -0.2) is 28.3 Å². The zero-order valence-electron chi connectivity index (χ0n) is 12.6. The van der Waals surface area contributed by atoms with E-state index >= 15 is 0 Å². The van der Waals surface area contributed by atoms with Gasteiger partial charge in [-0.05, 0) is 24.6 Å². The SMILES string of the molecule is CC(Cn1cccn1)NCCC(=O)NCc1ccccc1Cl. The van der Waals surface area contributed by atoms with Crippen LogP contribution in [0.5, 0.6) is 0 Å². The third-order valence-electron chi connectivity index (χ3n) is 3.30. The third kappa shape index (κ3) is 5.50. The van der Waals surface area contributed by atoms with Crippen molar-refractivity contribution in [1.29, 1.82) is 0 Å². The van der Waals surface area contributed by atoms with Gasteiger partial charge in [0.15, 0.2) is 0 Å². The first-order valence-corrected chi connectivity index (χ1v) is 7.74. The van der Waals surface area contributed by atoms with Crippen LogP contribution in [0, 0.1) is 0 Å². The first-order chi connectivity index (χ1) is 10.6. The van der Waals surface area contributed by atoms with Crippen molar-refractivity contribution in [2.75, 3.05) is 6.54 Å². The molecule has 0 fully saturated rings. The van der Waals surface area contributed by atoms with E-state index in [-0.39, 0.29) is 11.9 Å². The Morgan fingerprint density at radius 2 is 2.18 bits per heavy atom. The zero-order chi connectivity index (χ0) is 15.8. The predicted molar refractivity (Wildman–Crippen MR) is 87.6 cm³/mol. The fraction of sp³-hybridized carbons (Fsp3) is 0.375. The van der Waals surface area contributed by atoms with Crippen LogP contribution in [-0.2, 0) is 17.9 Å². The first-order valence-electron chi connectivity index (χ1n) is 7.36. The molecule has 0 aliphatic carbocycles. The normalized spacial score (nSPS) is 12.1. The van der Waals surface area contributed by atoms with Crippen molar-refractivity contribution in [1.82, 2.24) is 20.4 Å². The van der Waals surface area contributed by atoms with Crippen LogP contribution in [0.1, 0.15) is 18.9 Å². The highest BCUT2D eigenvalue weighted by molar-refractivity contribution is 6.31. The average Bonchev–Trinajstić information content (AvgIpc) is 2.99. The molecule has 1 aromatic carbocycles. The summed E-state index contributed by atoms with van der Waals surface area (Å²) in [5, 5.41) is 11.0. The summed E-state index contributed by atoms with van der Waals surface area (Å²) < 4.78 is 1.87. The Hall–Kier alpha value is -1.85. The number of hydrogen-bond acceptors (Lipinski definition) is 3. The fourth-order valence-corrected chi connectivity index (χ4v) is 2.31. The van der Waals surface area contributed by atoms with E-state index in [1.165, 1.54) is 0 Å². The van der Waals surface area contributed by atoms with Crippen molar-refractivity contribution in [3.05, 3.63) is 53.3 Å². The molecule has 2 rings (SSSR count). The number of carbonyl (C=O) groups excluding carboxylic acids is 1. The van der Waals surface area contributed by atoms with Gasteiger partial charge in [-0.25, -0.2) is 0 Å². The molecule has 1 heterocycles. The van der Waals surface area contributed by atoms with Gasteiger partial charge in [0, 0.05) is 43.0 Å². The minimum atomic E-state index is 0.0127. The summed E-state index contributed by atoms with van der Waals surface area (Å²) in [6.45, 7) is 3.95. The quantitative estimate of drug-likeness (QED) is 0.784. The molecule has 1 unspecified atom stereocenters. The Morgan fingerprint density at radius 3 is 2.91 bits per heavy atom. The molecule has 22 heavy (non-hydrogen) atoms. The van der Waals surface area contributed by atoms with Crippen molar-refractivity contribution < 1.29 is 4.79 Å². The number of amides is 1. The molecule has 2 aromatic rings. The molecule has 0 radical (unpaired) electrons. The van der Waals surface area contributed by atoms with E-state index in [1.54, 1.807) is 6.20 Å². The molecule has 118 valence electrons. The number of nitrogens with one attached hydrogen (secondary N) is 2. The molecular weight excluding hydrogens is 300 g/mol. The Bertz CT molecular complexity index is 586. The average molecular weight is 321 g/mol. The third-order valence-corrected chi connectivity index (χ3v) is 3.67. The topological polar surface area (TPSA) is 59.0 Å². The van der Waals surface area contributed by atoms with Crippen LogP contribution in [0.3, 0.4) is 0 Å². The summed E-state index contributed by atoms with van der Waals surface area (Å²) in [6.07, 6.45) is 4.12. The predicted octanol–water partition coefficient (Wildman–Crippen LogP) is 2.22. The lowest BCUT2D eigenvalue weighted by molar-refractivity contribution is -0.121. The highest BCUT2D eigenvalue weighted by Crippen LogP contribution is 2.14. The van der Waals surface area contributed by atoms with Crippen LogP contribution < -0.4 is 10.6 Å². The molecule has 5 nitrogen and oxygen atoms in total. The smallest absolute Gasteiger partial charge is 0.221 e. The maximum atomic E-state index is 11.8. The van der Waals surface area contributed by atoms with Gasteiger partial charge in [0.1, 0.15) is 0 Å². The van der Waals surface area contributed by atoms with Crippen LogP contribution in [0.4, 0.5) is 0 Å². The van der Waals surface area contributed by atoms with E-state index in [0.29, 0.717) is 24.5 Å². The van der Waals surface area contributed by atoms with Crippen molar-refractivity contribution >= 4 is 17.5 Å². The second-order valence-corrected chi connectivity index (χ2v) is 5.61. The Balaban J connectivity index is 1.62. The number of carbonyl (C=O) groups is 1. The molecule has 1 aromatic heterocycles. The Morgan fingerprint density at radius 1 is 1.36 bits per heavy atom. The summed E-state index contributed by atoms with van der Waals surface area (Å²) in [7, 11) is 0. The fourth-order valence-electron chi connectivity index (χ4n) is 2.11. The number of halogens is 1. The number of hydrogen-bond donors (Lipinski definition) is 2. The lowest BCUT2D eigenvalue weighted by Crippen LogP contribution is -2.34. The zero-order valence-corrected chi connectivity index (χ0v) is 13.4. The van der Waals surface area contributed by atoms with Crippen molar-refractivity contribution in [3.8, 4) is 0 Å². The lowest BCUT2D eigenvalue weighted by Gasteiger charge is -2.13. The largest absolute Gasteiger partial charge is 0.352 e. The molecule has 6 heteroatoms. The maximum Gasteiger partial charge on any atom is 0.221 e. The van der Waals surface area contributed by atoms with Crippen molar-refractivity contribution in [2.24, 2.45) is 0 Å². The number of benzene rings is 1. The second-order valence-electron chi connectivity index (χ2n) is 5.20. The first kappa shape index (κ1) is 16.5. The molecule has 2 N–H and O–H groups in total. The summed E-state index contributed by atoms with van der Waals surface area (Å²) in [6, 6.07) is 9.67. The summed E-state index contributed by atoms with van der Waals surface area (Å²) in [5.41, 5.74) is 0.928. The summed E-state index contributed by atoms with van der Waals surface area (Å²) in [5.74, 6) is 0.0127. The van der Waals surface area contributed by atoms with Crippen LogP contribution >= 0.6 is 11.6 Å². The Labute approximate surface area is 135 Å². The van der Waals surface area contributed by atoms with Gasteiger partial charge in [0.2, 0.25) is 5.91 Å². The van der Waals surface area contributed by atoms with E-state index in [9.17, 15) is 4.79 Å². The van der Waals surface area contributed by atoms with Crippen LogP contribution in [0.2, 0.25) is 5.02 Å². The minimum Gasteiger partial charge on any atom is -0.352 e. The van der Waals surface area contributed by atoms with E-state index in [1.807, 2.05) is 41.2 Å². The van der Waals surface area contributed by atoms with Crippen molar-refractivity contribution in [2.45, 2.75) is 32.5 Å². The van der Waals surface area contributed by atoms with Gasteiger partial charge >= 0.3 is 0 Å². The van der Waals surface area contributed by atoms with Crippen LogP contribution in [0.15, 0.2) is 42.7 Å².